The number of nitrogens with one attached hydrogen (secondary N) is 1. The minimum absolute atomic E-state index is 0.0153. The minimum Gasteiger partial charge on any atom is -0.352 e. The number of aromatic nitrogens is 1. The van der Waals surface area contributed by atoms with E-state index in [1.54, 1.807) is 12.1 Å². The molecule has 0 bridgehead atoms. The van der Waals surface area contributed by atoms with Gasteiger partial charge in [-0.3, -0.25) is 4.79 Å². The van der Waals surface area contributed by atoms with Gasteiger partial charge in [-0.15, -0.1) is 0 Å². The first-order valence-electron chi connectivity index (χ1n) is 9.76. The maximum absolute atomic E-state index is 12.5. The lowest BCUT2D eigenvalue weighted by Crippen LogP contribution is -2.44. The first kappa shape index (κ1) is 20.6. The van der Waals surface area contributed by atoms with Gasteiger partial charge in [-0.1, -0.05) is 38.5 Å². The van der Waals surface area contributed by atoms with Gasteiger partial charge in [0.1, 0.15) is 4.90 Å². The van der Waals surface area contributed by atoms with Gasteiger partial charge < -0.3 is 5.32 Å². The minimum atomic E-state index is -3.44. The number of rotatable bonds is 6. The molecule has 1 aromatic rings. The van der Waals surface area contributed by atoms with Crippen LogP contribution in [0.1, 0.15) is 46.0 Å². The summed E-state index contributed by atoms with van der Waals surface area (Å²) >= 11 is 1.34. The first-order chi connectivity index (χ1) is 12.9. The van der Waals surface area contributed by atoms with E-state index in [9.17, 15) is 13.2 Å². The van der Waals surface area contributed by atoms with Crippen LogP contribution in [0.25, 0.3) is 0 Å². The zero-order chi connectivity index (χ0) is 19.4. The normalized spacial score (nSPS) is 26.8. The van der Waals surface area contributed by atoms with Gasteiger partial charge in [-0.25, -0.2) is 13.4 Å². The number of thioether (sulfide) groups is 1. The Balaban J connectivity index is 1.52. The van der Waals surface area contributed by atoms with E-state index in [0.29, 0.717) is 35.7 Å². The van der Waals surface area contributed by atoms with Gasteiger partial charge in [0.15, 0.2) is 0 Å². The highest BCUT2D eigenvalue weighted by atomic mass is 32.2. The molecule has 0 spiro atoms. The van der Waals surface area contributed by atoms with Crippen molar-refractivity contribution in [1.82, 2.24) is 14.6 Å². The van der Waals surface area contributed by atoms with Gasteiger partial charge in [-0.05, 0) is 43.2 Å². The van der Waals surface area contributed by atoms with Crippen molar-refractivity contribution >= 4 is 27.7 Å². The Morgan fingerprint density at radius 3 is 2.63 bits per heavy atom. The van der Waals surface area contributed by atoms with E-state index in [1.165, 1.54) is 28.7 Å². The molecule has 0 aromatic carbocycles. The van der Waals surface area contributed by atoms with Gasteiger partial charge in [0, 0.05) is 25.3 Å². The van der Waals surface area contributed by atoms with Crippen molar-refractivity contribution < 1.29 is 13.2 Å². The molecule has 3 rings (SSSR count). The number of pyridine rings is 1. The molecule has 1 aromatic heterocycles. The number of sulfonamides is 1. The molecule has 1 amide bonds. The van der Waals surface area contributed by atoms with Crippen LogP contribution in [-0.4, -0.2) is 48.5 Å². The molecule has 1 N–H and O–H groups in total. The zero-order valence-corrected chi connectivity index (χ0v) is 17.7. The smallest absolute Gasteiger partial charge is 0.244 e. The van der Waals surface area contributed by atoms with Crippen LogP contribution in [-0.2, 0) is 14.8 Å². The molecular formula is C19H29N3O3S2. The molecule has 1 aliphatic carbocycles. The predicted molar refractivity (Wildman–Crippen MR) is 107 cm³/mol. The number of carbonyl (C=O) groups is 1. The van der Waals surface area contributed by atoms with Gasteiger partial charge in [0.25, 0.3) is 0 Å². The Morgan fingerprint density at radius 1 is 1.22 bits per heavy atom. The number of amides is 1. The Kier molecular flexibility index (Phi) is 6.81. The number of nitrogens with zero attached hydrogens (tertiary/aromatic N) is 2. The molecular weight excluding hydrogens is 382 g/mol. The first-order valence-corrected chi connectivity index (χ1v) is 12.2. The van der Waals surface area contributed by atoms with Crippen LogP contribution in [0.5, 0.6) is 0 Å². The molecule has 2 fully saturated rings. The molecule has 27 heavy (non-hydrogen) atoms. The maximum Gasteiger partial charge on any atom is 0.244 e. The lowest BCUT2D eigenvalue weighted by atomic mass is 9.78. The van der Waals surface area contributed by atoms with Crippen molar-refractivity contribution in [3.8, 4) is 0 Å². The quantitative estimate of drug-likeness (QED) is 0.728. The second-order valence-electron chi connectivity index (χ2n) is 7.67. The Bertz CT molecular complexity index is 746. The van der Waals surface area contributed by atoms with Crippen molar-refractivity contribution in [2.45, 2.75) is 61.9 Å². The van der Waals surface area contributed by atoms with Gasteiger partial charge >= 0.3 is 0 Å². The Morgan fingerprint density at radius 2 is 1.96 bits per heavy atom. The Hall–Kier alpha value is -1.12. The highest BCUT2D eigenvalue weighted by molar-refractivity contribution is 7.99. The van der Waals surface area contributed by atoms with Crippen molar-refractivity contribution in [2.24, 2.45) is 11.8 Å². The van der Waals surface area contributed by atoms with Crippen molar-refractivity contribution in [2.75, 3.05) is 18.8 Å². The summed E-state index contributed by atoms with van der Waals surface area (Å²) in [7, 11) is -3.44. The zero-order valence-electron chi connectivity index (χ0n) is 16.1. The topological polar surface area (TPSA) is 79.4 Å². The average molecular weight is 412 g/mol. The number of hydrogen-bond acceptors (Lipinski definition) is 5. The molecule has 150 valence electrons. The van der Waals surface area contributed by atoms with Crippen LogP contribution in [0, 0.1) is 11.8 Å². The van der Waals surface area contributed by atoms with Crippen LogP contribution in [0.3, 0.4) is 0 Å². The van der Waals surface area contributed by atoms with Gasteiger partial charge in [0.05, 0.1) is 10.8 Å². The number of carbonyl (C=O) groups excluding carboxylic acids is 1. The largest absolute Gasteiger partial charge is 0.352 e. The molecule has 0 radical (unpaired) electrons. The summed E-state index contributed by atoms with van der Waals surface area (Å²) < 4.78 is 26.5. The SMILES string of the molecule is C[C@@H]1[C@@H](C)CCC[C@H]1NC(=O)CSc1ccc(S(=O)(=O)N2CCCC2)cn1. The van der Waals surface area contributed by atoms with Crippen molar-refractivity contribution in [3.63, 3.8) is 0 Å². The lowest BCUT2D eigenvalue weighted by Gasteiger charge is -2.34. The lowest BCUT2D eigenvalue weighted by molar-refractivity contribution is -0.120. The third kappa shape index (κ3) is 5.03. The van der Waals surface area contributed by atoms with Gasteiger partial charge in [0.2, 0.25) is 15.9 Å². The third-order valence-electron chi connectivity index (χ3n) is 5.82. The molecule has 6 nitrogen and oxygen atoms in total. The second-order valence-corrected chi connectivity index (χ2v) is 10.6. The fourth-order valence-corrected chi connectivity index (χ4v) is 5.97. The van der Waals surface area contributed by atoms with Crippen LogP contribution < -0.4 is 5.32 Å². The highest BCUT2D eigenvalue weighted by Crippen LogP contribution is 2.29. The maximum atomic E-state index is 12.5. The molecule has 0 unspecified atom stereocenters. The van der Waals surface area contributed by atoms with Crippen molar-refractivity contribution in [3.05, 3.63) is 18.3 Å². The molecule has 1 aliphatic heterocycles. The Labute approximate surface area is 166 Å². The van der Waals surface area contributed by atoms with Crippen LogP contribution in [0.15, 0.2) is 28.3 Å². The molecule has 1 saturated heterocycles. The molecule has 8 heteroatoms. The summed E-state index contributed by atoms with van der Waals surface area (Å²) in [4.78, 5) is 16.7. The molecule has 3 atom stereocenters. The summed E-state index contributed by atoms with van der Waals surface area (Å²) in [5.74, 6) is 1.45. The molecule has 1 saturated carbocycles. The summed E-state index contributed by atoms with van der Waals surface area (Å²) in [6.07, 6.45) is 6.67. The molecule has 2 heterocycles. The van der Waals surface area contributed by atoms with E-state index in [1.807, 2.05) is 0 Å². The van der Waals surface area contributed by atoms with E-state index >= 15 is 0 Å². The van der Waals surface area contributed by atoms with Crippen molar-refractivity contribution in [1.29, 1.82) is 0 Å². The third-order valence-corrected chi connectivity index (χ3v) is 8.64. The highest BCUT2D eigenvalue weighted by Gasteiger charge is 2.29. The van der Waals surface area contributed by atoms with Gasteiger partial charge in [-0.2, -0.15) is 4.31 Å². The van der Waals surface area contributed by atoms with E-state index in [2.05, 4.69) is 24.1 Å². The molecule has 2 aliphatic rings. The van der Waals surface area contributed by atoms with Crippen LogP contribution >= 0.6 is 11.8 Å². The summed E-state index contributed by atoms with van der Waals surface area (Å²) in [5, 5.41) is 3.81. The standard InChI is InChI=1S/C19H29N3O3S2/c1-14-6-5-7-17(15(14)2)21-18(23)13-26-19-9-8-16(12-20-19)27(24,25)22-10-3-4-11-22/h8-9,12,14-15,17H,3-7,10-11,13H2,1-2H3,(H,21,23)/t14-,15+,17+/m0/s1. The van der Waals surface area contributed by atoms with E-state index < -0.39 is 10.0 Å². The second kappa shape index (κ2) is 8.92. The fourth-order valence-electron chi connectivity index (χ4n) is 3.86. The summed E-state index contributed by atoms with van der Waals surface area (Å²) in [6, 6.07) is 3.53. The van der Waals surface area contributed by atoms with E-state index in [4.69, 9.17) is 0 Å². The number of hydrogen-bond donors (Lipinski definition) is 1. The van der Waals surface area contributed by atoms with Crippen LogP contribution in [0.4, 0.5) is 0 Å². The average Bonchev–Trinajstić information content (AvgIpc) is 3.20. The summed E-state index contributed by atoms with van der Waals surface area (Å²) in [5.41, 5.74) is 0. The summed E-state index contributed by atoms with van der Waals surface area (Å²) in [6.45, 7) is 5.62. The monoisotopic (exact) mass is 411 g/mol. The fraction of sp³-hybridized carbons (Fsp3) is 0.684. The van der Waals surface area contributed by atoms with E-state index in [0.717, 1.165) is 25.7 Å². The van der Waals surface area contributed by atoms with Crippen LogP contribution in [0.2, 0.25) is 0 Å². The predicted octanol–water partition coefficient (Wildman–Crippen LogP) is 2.90. The van der Waals surface area contributed by atoms with E-state index in [-0.39, 0.29) is 16.8 Å².